The molecule has 4 heteroatoms. The number of unbranched alkanes of at least 4 members (excludes halogenated alkanes) is 20. The normalized spacial score (nSPS) is 13.8. The molecule has 3 N–H and O–H groups in total. The number of aliphatic hydroxyl groups excluding tert-OH is 2. The second kappa shape index (κ2) is 44.0. The average molecular weight is 736 g/mol. The zero-order chi connectivity index (χ0) is 38.6. The number of hydrogen-bond donors (Lipinski definition) is 3. The third-order valence-corrected chi connectivity index (χ3v) is 9.61. The van der Waals surface area contributed by atoms with Crippen LogP contribution in [0.3, 0.4) is 0 Å². The molecule has 0 heterocycles. The Morgan fingerprint density at radius 2 is 0.849 bits per heavy atom. The van der Waals surface area contributed by atoms with Gasteiger partial charge in [0.15, 0.2) is 0 Å². The fourth-order valence-electron chi connectivity index (χ4n) is 6.22. The van der Waals surface area contributed by atoms with Crippen molar-refractivity contribution in [2.75, 3.05) is 6.61 Å². The van der Waals surface area contributed by atoms with E-state index in [1.807, 2.05) is 6.08 Å². The summed E-state index contributed by atoms with van der Waals surface area (Å²) in [5, 5.41) is 23.0. The molecule has 0 saturated carbocycles. The monoisotopic (exact) mass is 736 g/mol. The molecule has 0 aliphatic rings. The third kappa shape index (κ3) is 40.6. The van der Waals surface area contributed by atoms with Crippen LogP contribution < -0.4 is 5.32 Å². The van der Waals surface area contributed by atoms with Gasteiger partial charge in [-0.2, -0.15) is 0 Å². The highest BCUT2D eigenvalue weighted by atomic mass is 16.3. The van der Waals surface area contributed by atoms with Crippen molar-refractivity contribution >= 4 is 5.91 Å². The lowest BCUT2D eigenvalue weighted by atomic mass is 10.1. The minimum Gasteiger partial charge on any atom is -0.394 e. The topological polar surface area (TPSA) is 69.6 Å². The molecule has 0 radical (unpaired) electrons. The number of hydrogen-bond acceptors (Lipinski definition) is 3. The second-order valence-electron chi connectivity index (χ2n) is 14.7. The van der Waals surface area contributed by atoms with E-state index in [0.717, 1.165) is 70.6 Å². The van der Waals surface area contributed by atoms with E-state index in [4.69, 9.17) is 0 Å². The van der Waals surface area contributed by atoms with Crippen molar-refractivity contribution in [3.05, 3.63) is 85.1 Å². The van der Waals surface area contributed by atoms with Crippen LogP contribution in [0.2, 0.25) is 0 Å². The van der Waals surface area contributed by atoms with Gasteiger partial charge in [-0.3, -0.25) is 4.79 Å². The molecule has 0 aliphatic carbocycles. The first-order chi connectivity index (χ1) is 26.2. The van der Waals surface area contributed by atoms with Crippen molar-refractivity contribution in [2.45, 2.75) is 212 Å². The minimum absolute atomic E-state index is 0.0843. The summed E-state index contributed by atoms with van der Waals surface area (Å²) in [4.78, 5) is 12.4. The summed E-state index contributed by atoms with van der Waals surface area (Å²) in [6.45, 7) is 4.17. The minimum atomic E-state index is -0.869. The fraction of sp³-hybridized carbons (Fsp3) is 0.694. The van der Waals surface area contributed by atoms with Gasteiger partial charge in [0.1, 0.15) is 0 Å². The molecule has 2 unspecified atom stereocenters. The molecule has 0 bridgehead atoms. The summed E-state index contributed by atoms with van der Waals surface area (Å²) in [6.07, 6.45) is 64.0. The summed E-state index contributed by atoms with van der Waals surface area (Å²) < 4.78 is 0. The first-order valence-electron chi connectivity index (χ1n) is 22.3. The van der Waals surface area contributed by atoms with Gasteiger partial charge in [0, 0.05) is 6.42 Å². The SMILES string of the molecule is CC/C=C\C/C=C\C/C=C\C/C=C\C/C=C\CCCCCCCCCCCC(=O)NC(CO)C(O)/C=C/CC/C=C/CCCCCCCCCCCC. The van der Waals surface area contributed by atoms with E-state index in [1.54, 1.807) is 6.08 Å². The van der Waals surface area contributed by atoms with Gasteiger partial charge in [-0.1, -0.05) is 202 Å². The molecule has 2 atom stereocenters. The van der Waals surface area contributed by atoms with Crippen LogP contribution in [0.15, 0.2) is 85.1 Å². The van der Waals surface area contributed by atoms with Crippen LogP contribution in [-0.2, 0) is 4.79 Å². The number of allylic oxidation sites excluding steroid dienone is 13. The van der Waals surface area contributed by atoms with E-state index >= 15 is 0 Å². The smallest absolute Gasteiger partial charge is 0.220 e. The van der Waals surface area contributed by atoms with Crippen molar-refractivity contribution in [3.8, 4) is 0 Å². The molecule has 0 rings (SSSR count). The van der Waals surface area contributed by atoms with Crippen LogP contribution in [0.25, 0.3) is 0 Å². The number of carbonyl (C=O) groups is 1. The highest BCUT2D eigenvalue weighted by molar-refractivity contribution is 5.76. The number of aliphatic hydroxyl groups is 2. The summed E-state index contributed by atoms with van der Waals surface area (Å²) >= 11 is 0. The Kier molecular flexibility index (Phi) is 42.0. The summed E-state index contributed by atoms with van der Waals surface area (Å²) in [5.41, 5.74) is 0. The predicted molar refractivity (Wildman–Crippen MR) is 234 cm³/mol. The van der Waals surface area contributed by atoms with E-state index in [1.165, 1.54) is 109 Å². The molecule has 1 amide bonds. The van der Waals surface area contributed by atoms with Crippen molar-refractivity contribution in [3.63, 3.8) is 0 Å². The molecule has 0 aromatic rings. The Labute approximate surface area is 329 Å². The molecule has 0 aromatic heterocycles. The molecule has 304 valence electrons. The lowest BCUT2D eigenvalue weighted by molar-refractivity contribution is -0.123. The largest absolute Gasteiger partial charge is 0.394 e. The van der Waals surface area contributed by atoms with Crippen molar-refractivity contribution in [1.82, 2.24) is 5.32 Å². The standard InChI is InChI=1S/C49H85NO3/c1-3-5-7-9-11-13-15-17-19-21-22-23-24-25-26-27-28-29-31-33-35-37-39-41-43-45-49(53)50-47(46-51)48(52)44-42-40-38-36-34-32-30-20-18-16-14-12-10-8-6-4-2/h5,7,11,13,17,19,22-23,25-26,34,36,42,44,47-48,51-52H,3-4,6,8-10,12,14-16,18,20-21,24,27-33,35,37-41,43,45-46H2,1-2H3,(H,50,53)/b7-5-,13-11-,19-17-,23-22-,26-25-,36-34+,44-42+. The number of amides is 1. The van der Waals surface area contributed by atoms with Crippen molar-refractivity contribution in [2.24, 2.45) is 0 Å². The van der Waals surface area contributed by atoms with Crippen molar-refractivity contribution in [1.29, 1.82) is 0 Å². The van der Waals surface area contributed by atoms with Crippen LogP contribution in [0, 0.1) is 0 Å². The summed E-state index contributed by atoms with van der Waals surface area (Å²) in [5.74, 6) is -0.0843. The predicted octanol–water partition coefficient (Wildman–Crippen LogP) is 14.1. The maximum absolute atomic E-state index is 12.4. The molecule has 0 saturated heterocycles. The van der Waals surface area contributed by atoms with Gasteiger partial charge in [0.25, 0.3) is 0 Å². The maximum Gasteiger partial charge on any atom is 0.220 e. The zero-order valence-electron chi connectivity index (χ0n) is 34.8. The Morgan fingerprint density at radius 3 is 1.32 bits per heavy atom. The molecular weight excluding hydrogens is 651 g/mol. The third-order valence-electron chi connectivity index (χ3n) is 9.61. The highest BCUT2D eigenvalue weighted by Gasteiger charge is 2.17. The number of rotatable bonds is 39. The van der Waals surface area contributed by atoms with E-state index in [-0.39, 0.29) is 12.5 Å². The first kappa shape index (κ1) is 50.6. The number of nitrogens with one attached hydrogen (secondary N) is 1. The molecule has 4 nitrogen and oxygen atoms in total. The molecular formula is C49H85NO3. The second-order valence-corrected chi connectivity index (χ2v) is 14.7. The lowest BCUT2D eigenvalue weighted by Crippen LogP contribution is -2.45. The average Bonchev–Trinajstić information content (AvgIpc) is 3.16. The van der Waals surface area contributed by atoms with Gasteiger partial charge in [-0.25, -0.2) is 0 Å². The van der Waals surface area contributed by atoms with Crippen LogP contribution >= 0.6 is 0 Å². The van der Waals surface area contributed by atoms with Gasteiger partial charge in [-0.15, -0.1) is 0 Å². The van der Waals surface area contributed by atoms with Crippen molar-refractivity contribution < 1.29 is 15.0 Å². The molecule has 0 aliphatic heterocycles. The van der Waals surface area contributed by atoms with Gasteiger partial charge in [-0.05, 0) is 77.0 Å². The van der Waals surface area contributed by atoms with Gasteiger partial charge in [0.2, 0.25) is 5.91 Å². The van der Waals surface area contributed by atoms with E-state index in [9.17, 15) is 15.0 Å². The van der Waals surface area contributed by atoms with Crippen LogP contribution in [-0.4, -0.2) is 34.9 Å². The van der Waals surface area contributed by atoms with Crippen LogP contribution in [0.5, 0.6) is 0 Å². The molecule has 0 fully saturated rings. The van der Waals surface area contributed by atoms with Gasteiger partial charge >= 0.3 is 0 Å². The Bertz CT molecular complexity index is 972. The van der Waals surface area contributed by atoms with Gasteiger partial charge < -0.3 is 15.5 Å². The highest BCUT2D eigenvalue weighted by Crippen LogP contribution is 2.13. The first-order valence-corrected chi connectivity index (χ1v) is 22.3. The number of carbonyl (C=O) groups excluding carboxylic acids is 1. The van der Waals surface area contributed by atoms with E-state index < -0.39 is 12.1 Å². The lowest BCUT2D eigenvalue weighted by Gasteiger charge is -2.19. The quantitative estimate of drug-likeness (QED) is 0.0435. The van der Waals surface area contributed by atoms with Gasteiger partial charge in [0.05, 0.1) is 18.8 Å². The Morgan fingerprint density at radius 1 is 0.472 bits per heavy atom. The molecule has 0 aromatic carbocycles. The fourth-order valence-corrected chi connectivity index (χ4v) is 6.22. The van der Waals surface area contributed by atoms with E-state index in [2.05, 4.69) is 92.1 Å². The molecule has 53 heavy (non-hydrogen) atoms. The summed E-state index contributed by atoms with van der Waals surface area (Å²) in [7, 11) is 0. The maximum atomic E-state index is 12.4. The Hall–Kier alpha value is -2.43. The van der Waals surface area contributed by atoms with Crippen LogP contribution in [0.1, 0.15) is 200 Å². The zero-order valence-corrected chi connectivity index (χ0v) is 34.8. The Balaban J connectivity index is 3.65. The molecule has 0 spiro atoms. The van der Waals surface area contributed by atoms with Crippen LogP contribution in [0.4, 0.5) is 0 Å². The summed E-state index contributed by atoms with van der Waals surface area (Å²) in [6, 6.07) is -0.647. The van der Waals surface area contributed by atoms with E-state index in [0.29, 0.717) is 6.42 Å².